The van der Waals surface area contributed by atoms with Crippen molar-refractivity contribution in [2.24, 2.45) is 0 Å². The van der Waals surface area contributed by atoms with Crippen LogP contribution in [0.2, 0.25) is 0 Å². The number of aromatic nitrogens is 1. The van der Waals surface area contributed by atoms with Crippen molar-refractivity contribution in [1.82, 2.24) is 9.88 Å². The lowest BCUT2D eigenvalue weighted by atomic mass is 9.99. The van der Waals surface area contributed by atoms with Gasteiger partial charge in [0.05, 0.1) is 11.2 Å². The van der Waals surface area contributed by atoms with Crippen LogP contribution in [0.15, 0.2) is 6.20 Å². The Morgan fingerprint density at radius 1 is 1.35 bits per heavy atom. The number of hydrogen-bond acceptors (Lipinski definition) is 5. The van der Waals surface area contributed by atoms with E-state index in [1.807, 2.05) is 6.20 Å². The number of hydrogen-bond donors (Lipinski definition) is 1. The zero-order valence-electron chi connectivity index (χ0n) is 11.0. The Morgan fingerprint density at radius 3 is 2.41 bits per heavy atom. The van der Waals surface area contributed by atoms with E-state index >= 15 is 0 Å². The Balaban J connectivity index is 2.06. The van der Waals surface area contributed by atoms with Crippen molar-refractivity contribution in [2.45, 2.75) is 45.4 Å². The van der Waals surface area contributed by atoms with Crippen LogP contribution in [0, 0.1) is 0 Å². The second-order valence-corrected chi connectivity index (χ2v) is 7.08. The van der Waals surface area contributed by atoms with Crippen molar-refractivity contribution in [3.05, 3.63) is 11.1 Å². The quantitative estimate of drug-likeness (QED) is 0.879. The Hall–Kier alpha value is -0.650. The molecule has 1 fully saturated rings. The molecule has 1 aliphatic rings. The molecule has 0 radical (unpaired) electrons. The van der Waals surface area contributed by atoms with Gasteiger partial charge in [0, 0.05) is 30.7 Å². The second-order valence-electron chi connectivity index (χ2n) is 5.93. The lowest BCUT2D eigenvalue weighted by Gasteiger charge is -2.47. The Kier molecular flexibility index (Phi) is 3.18. The summed E-state index contributed by atoms with van der Waals surface area (Å²) >= 11 is 1.57. The summed E-state index contributed by atoms with van der Waals surface area (Å²) in [6, 6.07) is 0. The highest BCUT2D eigenvalue weighted by atomic mass is 32.1. The summed E-state index contributed by atoms with van der Waals surface area (Å²) in [4.78, 5) is 7.72. The summed E-state index contributed by atoms with van der Waals surface area (Å²) in [7, 11) is 0. The number of nitrogen functional groups attached to an aromatic ring is 1. The molecule has 0 unspecified atom stereocenters. The molecule has 0 spiro atoms. The summed E-state index contributed by atoms with van der Waals surface area (Å²) in [5.74, 6) is 0. The minimum absolute atomic E-state index is 0.0992. The van der Waals surface area contributed by atoms with Crippen LogP contribution >= 0.6 is 11.3 Å². The SMILES string of the molecule is CC1(C)CN(Cc2cnc(N)s2)CC(C)(C)O1. The van der Waals surface area contributed by atoms with Gasteiger partial charge in [-0.05, 0) is 27.7 Å². The average Bonchev–Trinajstić information content (AvgIpc) is 2.44. The van der Waals surface area contributed by atoms with Crippen molar-refractivity contribution >= 4 is 16.5 Å². The fraction of sp³-hybridized carbons (Fsp3) is 0.750. The van der Waals surface area contributed by atoms with Gasteiger partial charge < -0.3 is 10.5 Å². The molecule has 1 aromatic heterocycles. The number of rotatable bonds is 2. The van der Waals surface area contributed by atoms with Gasteiger partial charge in [0.25, 0.3) is 0 Å². The molecule has 2 heterocycles. The fourth-order valence-corrected chi connectivity index (χ4v) is 3.40. The van der Waals surface area contributed by atoms with E-state index in [0.717, 1.165) is 19.6 Å². The van der Waals surface area contributed by atoms with Crippen molar-refractivity contribution in [2.75, 3.05) is 18.8 Å². The van der Waals surface area contributed by atoms with E-state index < -0.39 is 0 Å². The smallest absolute Gasteiger partial charge is 0.180 e. The highest BCUT2D eigenvalue weighted by Gasteiger charge is 2.37. The maximum atomic E-state index is 6.06. The number of nitrogens with two attached hydrogens (primary N) is 1. The molecule has 2 rings (SSSR count). The molecule has 17 heavy (non-hydrogen) atoms. The van der Waals surface area contributed by atoms with Crippen molar-refractivity contribution in [1.29, 1.82) is 0 Å². The summed E-state index contributed by atoms with van der Waals surface area (Å²) in [6.07, 6.45) is 1.87. The van der Waals surface area contributed by atoms with Gasteiger partial charge in [-0.3, -0.25) is 4.90 Å². The van der Waals surface area contributed by atoms with Crippen molar-refractivity contribution in [3.8, 4) is 0 Å². The van der Waals surface area contributed by atoms with Gasteiger partial charge >= 0.3 is 0 Å². The molecular weight excluding hydrogens is 234 g/mol. The van der Waals surface area contributed by atoms with Crippen LogP contribution in [0.25, 0.3) is 0 Å². The van der Waals surface area contributed by atoms with Gasteiger partial charge in [0.15, 0.2) is 5.13 Å². The topological polar surface area (TPSA) is 51.4 Å². The lowest BCUT2D eigenvalue weighted by molar-refractivity contribution is -0.182. The number of ether oxygens (including phenoxy) is 1. The summed E-state index contributed by atoms with van der Waals surface area (Å²) in [6.45, 7) is 11.3. The number of thiazole rings is 1. The van der Waals surface area contributed by atoms with Crippen LogP contribution in [0.3, 0.4) is 0 Å². The predicted octanol–water partition coefficient (Wildman–Crippen LogP) is 2.11. The van der Waals surface area contributed by atoms with Crippen LogP contribution in [0.4, 0.5) is 5.13 Å². The maximum Gasteiger partial charge on any atom is 0.180 e. The van der Waals surface area contributed by atoms with Gasteiger partial charge in [-0.2, -0.15) is 0 Å². The lowest BCUT2D eigenvalue weighted by Crippen LogP contribution is -2.56. The molecule has 0 amide bonds. The molecular formula is C12H21N3OS. The van der Waals surface area contributed by atoms with E-state index in [0.29, 0.717) is 5.13 Å². The Bertz CT molecular complexity index is 384. The molecule has 0 bridgehead atoms. The molecule has 0 aromatic carbocycles. The number of nitrogens with zero attached hydrogens (tertiary/aromatic N) is 2. The first kappa shape index (κ1) is 12.8. The summed E-state index contributed by atoms with van der Waals surface area (Å²) in [5.41, 5.74) is 5.46. The van der Waals surface area contributed by atoms with Crippen LogP contribution in [-0.2, 0) is 11.3 Å². The summed E-state index contributed by atoms with van der Waals surface area (Å²) < 4.78 is 6.06. The third kappa shape index (κ3) is 3.40. The monoisotopic (exact) mass is 255 g/mol. The molecule has 0 aliphatic carbocycles. The fourth-order valence-electron chi connectivity index (χ4n) is 2.67. The van der Waals surface area contributed by atoms with Crippen LogP contribution < -0.4 is 5.73 Å². The molecule has 2 N–H and O–H groups in total. The molecule has 0 atom stereocenters. The molecule has 1 aliphatic heterocycles. The standard InChI is InChI=1S/C12H21N3OS/c1-11(2)7-15(8-12(3,4)16-11)6-9-5-14-10(13)17-9/h5H,6-8H2,1-4H3,(H2,13,14). The zero-order chi connectivity index (χ0) is 12.7. The van der Waals surface area contributed by atoms with Crippen molar-refractivity contribution < 1.29 is 4.74 Å². The Labute approximate surface area is 107 Å². The van der Waals surface area contributed by atoms with Gasteiger partial charge in [0.1, 0.15) is 0 Å². The average molecular weight is 255 g/mol. The molecule has 4 nitrogen and oxygen atoms in total. The minimum Gasteiger partial charge on any atom is -0.375 e. The second kappa shape index (κ2) is 4.23. The van der Waals surface area contributed by atoms with Gasteiger partial charge in [0.2, 0.25) is 0 Å². The summed E-state index contributed by atoms with van der Waals surface area (Å²) in [5, 5.41) is 0.645. The first-order chi connectivity index (χ1) is 7.76. The molecule has 96 valence electrons. The van der Waals surface area contributed by atoms with E-state index in [1.165, 1.54) is 4.88 Å². The van der Waals surface area contributed by atoms with Gasteiger partial charge in [-0.25, -0.2) is 4.98 Å². The van der Waals surface area contributed by atoms with E-state index in [2.05, 4.69) is 37.6 Å². The number of morpholine rings is 1. The van der Waals surface area contributed by atoms with E-state index in [-0.39, 0.29) is 11.2 Å². The molecule has 1 aromatic rings. The van der Waals surface area contributed by atoms with Crippen molar-refractivity contribution in [3.63, 3.8) is 0 Å². The first-order valence-electron chi connectivity index (χ1n) is 5.88. The largest absolute Gasteiger partial charge is 0.375 e. The third-order valence-corrected chi connectivity index (χ3v) is 3.52. The highest BCUT2D eigenvalue weighted by molar-refractivity contribution is 7.15. The van der Waals surface area contributed by atoms with Crippen LogP contribution in [-0.4, -0.2) is 34.2 Å². The number of anilines is 1. The van der Waals surface area contributed by atoms with Crippen LogP contribution in [0.5, 0.6) is 0 Å². The van der Waals surface area contributed by atoms with Gasteiger partial charge in [-0.15, -0.1) is 11.3 Å². The first-order valence-corrected chi connectivity index (χ1v) is 6.70. The normalized spacial score (nSPS) is 23.8. The van der Waals surface area contributed by atoms with E-state index in [9.17, 15) is 0 Å². The van der Waals surface area contributed by atoms with E-state index in [4.69, 9.17) is 10.5 Å². The van der Waals surface area contributed by atoms with E-state index in [1.54, 1.807) is 11.3 Å². The predicted molar refractivity (Wildman–Crippen MR) is 71.0 cm³/mol. The zero-order valence-corrected chi connectivity index (χ0v) is 11.8. The molecule has 5 heteroatoms. The third-order valence-electron chi connectivity index (χ3n) is 2.71. The molecule has 0 saturated carbocycles. The molecule has 1 saturated heterocycles. The van der Waals surface area contributed by atoms with Gasteiger partial charge in [-0.1, -0.05) is 0 Å². The maximum absolute atomic E-state index is 6.06. The Morgan fingerprint density at radius 2 is 1.94 bits per heavy atom. The minimum atomic E-state index is -0.0992. The highest BCUT2D eigenvalue weighted by Crippen LogP contribution is 2.29. The van der Waals surface area contributed by atoms with Crippen LogP contribution in [0.1, 0.15) is 32.6 Å².